The smallest absolute Gasteiger partial charge is 0.255 e. The molecule has 8 heteroatoms. The fourth-order valence-electron chi connectivity index (χ4n) is 5.51. The van der Waals surface area contributed by atoms with E-state index in [1.807, 2.05) is 18.2 Å². The van der Waals surface area contributed by atoms with Gasteiger partial charge in [-0.15, -0.1) is 0 Å². The van der Waals surface area contributed by atoms with E-state index in [0.717, 1.165) is 73.8 Å². The molecule has 182 valence electrons. The first-order valence-electron chi connectivity index (χ1n) is 12.6. The lowest BCUT2D eigenvalue weighted by Gasteiger charge is -2.25. The fraction of sp³-hybridized carbons (Fsp3) is 0.444. The molecular formula is C27H30N4O4. The standard InChI is InChI=1S/C27H30N4O4/c32-17-18-4-6-21(7-5-18)31-15-20-13-25-26(14-24(20)29-31)30-9-8-23(16-30)35-11-10-34-22-3-1-2-19(12-22)27(33)28-25/h1-3,12-15,17-18,21,23H,4-11,16H2,(H,28,33)/t18-,21-,23-/m0/s1. The molecule has 6 rings (SSSR count). The molecule has 2 aliphatic heterocycles. The second-order valence-electron chi connectivity index (χ2n) is 9.80. The van der Waals surface area contributed by atoms with E-state index in [1.54, 1.807) is 12.1 Å². The number of fused-ring (bicyclic) bond motifs is 7. The third-order valence-electron chi connectivity index (χ3n) is 7.48. The first-order chi connectivity index (χ1) is 17.2. The van der Waals surface area contributed by atoms with E-state index in [0.29, 0.717) is 30.6 Å². The SMILES string of the molecule is O=C[C@H]1CC[C@H](n2cc3cc4c(cc3n2)N2CC[C@@H](C2)OCCOc2cccc(c2)C(=O)N4)CC1. The topological polar surface area (TPSA) is 85.7 Å². The Morgan fingerprint density at radius 2 is 1.94 bits per heavy atom. The second kappa shape index (κ2) is 9.34. The van der Waals surface area contributed by atoms with Crippen molar-refractivity contribution >= 4 is 34.5 Å². The number of amides is 1. The third-order valence-corrected chi connectivity index (χ3v) is 7.48. The van der Waals surface area contributed by atoms with Gasteiger partial charge in [-0.2, -0.15) is 5.10 Å². The number of hydrogen-bond acceptors (Lipinski definition) is 6. The second-order valence-corrected chi connectivity index (χ2v) is 9.80. The molecule has 3 aliphatic rings. The Kier molecular flexibility index (Phi) is 5.90. The number of carbonyl (C=O) groups excluding carboxylic acids is 2. The number of hydrogen-bond donors (Lipinski definition) is 1. The van der Waals surface area contributed by atoms with Crippen molar-refractivity contribution in [2.75, 3.05) is 36.5 Å². The Balaban J connectivity index is 1.36. The van der Waals surface area contributed by atoms with Crippen LogP contribution in [-0.2, 0) is 9.53 Å². The van der Waals surface area contributed by atoms with E-state index in [2.05, 4.69) is 27.2 Å². The van der Waals surface area contributed by atoms with Gasteiger partial charge >= 0.3 is 0 Å². The lowest BCUT2D eigenvalue weighted by molar-refractivity contribution is -0.112. The van der Waals surface area contributed by atoms with Gasteiger partial charge in [0.1, 0.15) is 18.6 Å². The third kappa shape index (κ3) is 4.50. The summed E-state index contributed by atoms with van der Waals surface area (Å²) in [5, 5.41) is 9.05. The molecule has 1 saturated carbocycles. The van der Waals surface area contributed by atoms with Crippen molar-refractivity contribution in [3.63, 3.8) is 0 Å². The van der Waals surface area contributed by atoms with Crippen molar-refractivity contribution in [2.24, 2.45) is 5.92 Å². The average molecular weight is 475 g/mol. The van der Waals surface area contributed by atoms with E-state index in [9.17, 15) is 9.59 Å². The summed E-state index contributed by atoms with van der Waals surface area (Å²) in [6, 6.07) is 11.7. The van der Waals surface area contributed by atoms with Crippen molar-refractivity contribution < 1.29 is 19.1 Å². The van der Waals surface area contributed by atoms with Crippen LogP contribution in [0.4, 0.5) is 11.4 Å². The molecule has 2 aromatic carbocycles. The van der Waals surface area contributed by atoms with E-state index >= 15 is 0 Å². The summed E-state index contributed by atoms with van der Waals surface area (Å²) in [5.41, 5.74) is 3.21. The van der Waals surface area contributed by atoms with Crippen LogP contribution in [0.1, 0.15) is 48.5 Å². The predicted octanol–water partition coefficient (Wildman–Crippen LogP) is 4.21. The number of rotatable bonds is 2. The molecule has 1 N–H and O–H groups in total. The Bertz CT molecular complexity index is 1250. The van der Waals surface area contributed by atoms with E-state index in [4.69, 9.17) is 14.6 Å². The summed E-state index contributed by atoms with van der Waals surface area (Å²) in [5.74, 6) is 0.669. The summed E-state index contributed by atoms with van der Waals surface area (Å²) in [6.45, 7) is 2.57. The molecule has 8 nitrogen and oxygen atoms in total. The Hall–Kier alpha value is -3.39. The van der Waals surface area contributed by atoms with Crippen LogP contribution in [0.15, 0.2) is 42.6 Å². The molecule has 1 aliphatic carbocycles. The van der Waals surface area contributed by atoms with Crippen LogP contribution in [0.5, 0.6) is 5.75 Å². The fourth-order valence-corrected chi connectivity index (χ4v) is 5.51. The first-order valence-corrected chi connectivity index (χ1v) is 12.6. The van der Waals surface area contributed by atoms with Gasteiger partial charge in [-0.1, -0.05) is 6.07 Å². The molecule has 3 heterocycles. The van der Waals surface area contributed by atoms with Gasteiger partial charge in [0.15, 0.2) is 0 Å². The van der Waals surface area contributed by atoms with Gasteiger partial charge in [0.2, 0.25) is 0 Å². The van der Waals surface area contributed by atoms with E-state index in [1.165, 1.54) is 0 Å². The summed E-state index contributed by atoms with van der Waals surface area (Å²) in [7, 11) is 0. The number of benzene rings is 2. The van der Waals surface area contributed by atoms with Gasteiger partial charge in [0.05, 0.1) is 35.6 Å². The van der Waals surface area contributed by atoms with Crippen LogP contribution in [0.25, 0.3) is 10.9 Å². The number of nitrogens with one attached hydrogen (secondary N) is 1. The quantitative estimate of drug-likeness (QED) is 0.560. The minimum atomic E-state index is -0.167. The average Bonchev–Trinajstić information content (AvgIpc) is 3.53. The number of carbonyl (C=O) groups is 2. The highest BCUT2D eigenvalue weighted by molar-refractivity contribution is 6.07. The van der Waals surface area contributed by atoms with Crippen LogP contribution in [0.3, 0.4) is 0 Å². The van der Waals surface area contributed by atoms with Crippen molar-refractivity contribution in [1.29, 1.82) is 0 Å². The number of nitrogens with zero attached hydrogens (tertiary/aromatic N) is 3. The van der Waals surface area contributed by atoms with Crippen LogP contribution in [-0.4, -0.2) is 54.4 Å². The van der Waals surface area contributed by atoms with Gasteiger partial charge in [0.25, 0.3) is 5.91 Å². The maximum absolute atomic E-state index is 13.2. The Morgan fingerprint density at radius 3 is 2.80 bits per heavy atom. The summed E-state index contributed by atoms with van der Waals surface area (Å²) < 4.78 is 13.9. The van der Waals surface area contributed by atoms with Crippen LogP contribution in [0.2, 0.25) is 0 Å². The zero-order valence-corrected chi connectivity index (χ0v) is 19.7. The summed E-state index contributed by atoms with van der Waals surface area (Å²) in [4.78, 5) is 26.6. The lowest BCUT2D eigenvalue weighted by atomic mass is 9.87. The predicted molar refractivity (Wildman–Crippen MR) is 133 cm³/mol. The normalized spacial score (nSPS) is 24.9. The summed E-state index contributed by atoms with van der Waals surface area (Å²) in [6.07, 6.45) is 7.94. The van der Waals surface area contributed by atoms with Gasteiger partial charge in [-0.3, -0.25) is 9.48 Å². The van der Waals surface area contributed by atoms with Crippen LogP contribution >= 0.6 is 0 Å². The number of ether oxygens (including phenoxy) is 2. The summed E-state index contributed by atoms with van der Waals surface area (Å²) >= 11 is 0. The molecule has 0 unspecified atom stereocenters. The molecule has 4 bridgehead atoms. The number of anilines is 2. The molecule has 0 radical (unpaired) electrons. The molecular weight excluding hydrogens is 444 g/mol. The lowest BCUT2D eigenvalue weighted by Crippen LogP contribution is -2.26. The maximum Gasteiger partial charge on any atom is 0.255 e. The molecule has 3 aromatic rings. The molecule has 1 atom stereocenters. The van der Waals surface area contributed by atoms with E-state index < -0.39 is 0 Å². The number of aromatic nitrogens is 2. The van der Waals surface area contributed by atoms with Gasteiger partial charge in [-0.25, -0.2) is 0 Å². The van der Waals surface area contributed by atoms with Gasteiger partial charge in [-0.05, 0) is 62.4 Å². The van der Waals surface area contributed by atoms with Gasteiger partial charge in [0, 0.05) is 36.2 Å². The van der Waals surface area contributed by atoms with Crippen molar-refractivity contribution in [3.05, 3.63) is 48.2 Å². The molecule has 35 heavy (non-hydrogen) atoms. The molecule has 1 aromatic heterocycles. The highest BCUT2D eigenvalue weighted by atomic mass is 16.5. The zero-order valence-electron chi connectivity index (χ0n) is 19.7. The number of aldehydes is 1. The molecule has 1 amide bonds. The Morgan fingerprint density at radius 1 is 1.06 bits per heavy atom. The highest BCUT2D eigenvalue weighted by Crippen LogP contribution is 2.36. The van der Waals surface area contributed by atoms with Crippen molar-refractivity contribution in [3.8, 4) is 5.75 Å². The monoisotopic (exact) mass is 474 g/mol. The molecule has 0 spiro atoms. The van der Waals surface area contributed by atoms with E-state index in [-0.39, 0.29) is 17.9 Å². The maximum atomic E-state index is 13.2. The molecule has 1 saturated heterocycles. The minimum Gasteiger partial charge on any atom is -0.491 e. The molecule has 2 fully saturated rings. The Labute approximate surface area is 204 Å². The first kappa shape index (κ1) is 22.1. The van der Waals surface area contributed by atoms with Crippen LogP contribution in [0, 0.1) is 5.92 Å². The van der Waals surface area contributed by atoms with Gasteiger partial charge < -0.3 is 24.5 Å². The highest BCUT2D eigenvalue weighted by Gasteiger charge is 2.27. The zero-order chi connectivity index (χ0) is 23.8. The largest absolute Gasteiger partial charge is 0.491 e. The van der Waals surface area contributed by atoms with Crippen molar-refractivity contribution in [2.45, 2.75) is 44.2 Å². The van der Waals surface area contributed by atoms with Crippen LogP contribution < -0.4 is 15.0 Å². The minimum absolute atomic E-state index is 0.123. The van der Waals surface area contributed by atoms with Crippen molar-refractivity contribution in [1.82, 2.24) is 9.78 Å².